The normalized spacial score (nSPS) is 23.9. The van der Waals surface area contributed by atoms with E-state index in [0.717, 1.165) is 38.5 Å². The molecule has 0 aromatic rings. The number of aliphatic hydroxyl groups is 8. The molecule has 2 rings (SSSR count). The maximum Gasteiger partial charge on any atom is 0.220 e. The fourth-order valence-corrected chi connectivity index (χ4v) is 11.9. The van der Waals surface area contributed by atoms with Crippen LogP contribution in [0.4, 0.5) is 0 Å². The molecular formula is C68H131NO13. The zero-order valence-electron chi connectivity index (χ0n) is 52.8. The van der Waals surface area contributed by atoms with Gasteiger partial charge in [0.2, 0.25) is 5.91 Å². The summed E-state index contributed by atoms with van der Waals surface area (Å²) in [6.45, 7) is 2.86. The highest BCUT2D eigenvalue weighted by Crippen LogP contribution is 2.30. The van der Waals surface area contributed by atoms with E-state index in [9.17, 15) is 45.6 Å². The van der Waals surface area contributed by atoms with E-state index in [1.807, 2.05) is 6.08 Å². The third-order valence-electron chi connectivity index (χ3n) is 17.5. The van der Waals surface area contributed by atoms with Crippen LogP contribution in [-0.2, 0) is 23.7 Å². The van der Waals surface area contributed by atoms with Crippen molar-refractivity contribution in [1.29, 1.82) is 0 Å². The molecule has 14 nitrogen and oxygen atoms in total. The topological polar surface area (TPSA) is 228 Å². The van der Waals surface area contributed by atoms with E-state index in [1.165, 1.54) is 257 Å². The summed E-state index contributed by atoms with van der Waals surface area (Å²) in [5.41, 5.74) is 0. The molecule has 2 saturated heterocycles. The zero-order valence-corrected chi connectivity index (χ0v) is 52.8. The van der Waals surface area contributed by atoms with Crippen LogP contribution in [0.15, 0.2) is 12.2 Å². The van der Waals surface area contributed by atoms with Gasteiger partial charge in [-0.15, -0.1) is 0 Å². The van der Waals surface area contributed by atoms with Crippen LogP contribution in [0.2, 0.25) is 0 Å². The Balaban J connectivity index is 1.69. The Labute approximate surface area is 501 Å². The third kappa shape index (κ3) is 38.1. The lowest BCUT2D eigenvalue weighted by Gasteiger charge is -2.46. The number of carbonyl (C=O) groups is 1. The molecule has 2 aliphatic heterocycles. The largest absolute Gasteiger partial charge is 0.394 e. The number of nitrogens with one attached hydrogen (secondary N) is 1. The first-order valence-electron chi connectivity index (χ1n) is 34.9. The van der Waals surface area contributed by atoms with Crippen molar-refractivity contribution >= 4 is 5.91 Å². The molecule has 0 aliphatic carbocycles. The number of hydrogen-bond donors (Lipinski definition) is 9. The maximum atomic E-state index is 13.3. The van der Waals surface area contributed by atoms with E-state index < -0.39 is 86.8 Å². The van der Waals surface area contributed by atoms with Crippen molar-refractivity contribution in [3.05, 3.63) is 12.2 Å². The second-order valence-electron chi connectivity index (χ2n) is 25.0. The van der Waals surface area contributed by atoms with Crippen molar-refractivity contribution in [1.82, 2.24) is 5.32 Å². The Morgan fingerprint density at radius 1 is 0.427 bits per heavy atom. The van der Waals surface area contributed by atoms with E-state index in [1.54, 1.807) is 6.08 Å². The van der Waals surface area contributed by atoms with Crippen LogP contribution >= 0.6 is 0 Å². The summed E-state index contributed by atoms with van der Waals surface area (Å²) in [4.78, 5) is 13.3. The Morgan fingerprint density at radius 3 is 1.12 bits per heavy atom. The molecule has 9 N–H and O–H groups in total. The summed E-state index contributed by atoms with van der Waals surface area (Å²) in [7, 11) is 0. The summed E-state index contributed by atoms with van der Waals surface area (Å²) in [5, 5.41) is 87.4. The number of amides is 1. The monoisotopic (exact) mass is 1170 g/mol. The quantitative estimate of drug-likeness (QED) is 0.0204. The average Bonchev–Trinajstić information content (AvgIpc) is 3.53. The lowest BCUT2D eigenvalue weighted by atomic mass is 9.97. The number of ether oxygens (including phenoxy) is 4. The second-order valence-corrected chi connectivity index (χ2v) is 25.0. The molecule has 486 valence electrons. The standard InChI is InChI=1S/C68H131NO13/c1-3-5-7-9-11-13-15-17-19-21-23-25-27-28-30-31-33-35-37-39-41-43-45-47-49-51-57(72)56(55-79-67-65(78)63(76)66(59(54-71)81-67)82-68-64(77)62(75)61(74)58(53-70)80-68)69-60(73)52-50-48-46-44-42-40-38-36-34-32-29-26-24-22-20-18-16-14-12-10-8-6-4-2/h49,51,56-59,61-68,70-72,74-78H,3-48,50,52-55H2,1-2H3,(H,69,73)/b51-49+. The van der Waals surface area contributed by atoms with Gasteiger partial charge in [0, 0.05) is 6.42 Å². The van der Waals surface area contributed by atoms with Gasteiger partial charge >= 0.3 is 0 Å². The number of aliphatic hydroxyl groups excluding tert-OH is 8. The predicted molar refractivity (Wildman–Crippen MR) is 332 cm³/mol. The third-order valence-corrected chi connectivity index (χ3v) is 17.5. The minimum atomic E-state index is -1.79. The zero-order chi connectivity index (χ0) is 59.5. The number of unbranched alkanes of at least 4 members (excludes halogenated alkanes) is 45. The van der Waals surface area contributed by atoms with Crippen LogP contribution in [-0.4, -0.2) is 140 Å². The maximum absolute atomic E-state index is 13.3. The summed E-state index contributed by atoms with van der Waals surface area (Å²) in [6, 6.07) is -0.911. The first kappa shape index (κ1) is 76.8. The number of hydrogen-bond acceptors (Lipinski definition) is 13. The highest BCUT2D eigenvalue weighted by atomic mass is 16.7. The second kappa shape index (κ2) is 53.9. The van der Waals surface area contributed by atoms with Crippen molar-refractivity contribution < 1.29 is 64.6 Å². The Bertz CT molecular complexity index is 1420. The first-order valence-corrected chi connectivity index (χ1v) is 34.9. The van der Waals surface area contributed by atoms with Crippen LogP contribution < -0.4 is 5.32 Å². The number of carbonyl (C=O) groups excluding carboxylic acids is 1. The smallest absolute Gasteiger partial charge is 0.220 e. The molecule has 2 aliphatic rings. The summed E-state index contributed by atoms with van der Waals surface area (Å²) in [5.74, 6) is -0.231. The van der Waals surface area contributed by atoms with Gasteiger partial charge in [0.05, 0.1) is 32.0 Å². The first-order chi connectivity index (χ1) is 40.1. The van der Waals surface area contributed by atoms with Gasteiger partial charge in [0.25, 0.3) is 0 Å². The Hall–Kier alpha value is -1.27. The van der Waals surface area contributed by atoms with Gasteiger partial charge in [0.15, 0.2) is 12.6 Å². The molecule has 12 unspecified atom stereocenters. The molecule has 0 radical (unpaired) electrons. The van der Waals surface area contributed by atoms with Gasteiger partial charge in [-0.3, -0.25) is 4.79 Å². The SMILES string of the molecule is CCCCCCCCCCCCCCCCCCCCCCCCC/C=C/C(O)C(COC1OC(CO)C(OC2OC(CO)C(O)C(O)C2O)C(O)C1O)NC(=O)CCCCCCCCCCCCCCCCCCCCCCCCC. The molecule has 0 saturated carbocycles. The van der Waals surface area contributed by atoms with Gasteiger partial charge in [-0.2, -0.15) is 0 Å². The molecule has 82 heavy (non-hydrogen) atoms. The van der Waals surface area contributed by atoms with Gasteiger partial charge in [-0.1, -0.05) is 309 Å². The van der Waals surface area contributed by atoms with Crippen LogP contribution in [0.1, 0.15) is 322 Å². The van der Waals surface area contributed by atoms with Crippen molar-refractivity contribution in [3.63, 3.8) is 0 Å². The molecule has 0 aromatic heterocycles. The van der Waals surface area contributed by atoms with Crippen molar-refractivity contribution in [3.8, 4) is 0 Å². The van der Waals surface area contributed by atoms with E-state index in [-0.39, 0.29) is 18.9 Å². The highest BCUT2D eigenvalue weighted by Gasteiger charge is 2.51. The average molecular weight is 1170 g/mol. The minimum absolute atomic E-state index is 0.231. The van der Waals surface area contributed by atoms with E-state index >= 15 is 0 Å². The van der Waals surface area contributed by atoms with Crippen LogP contribution in [0, 0.1) is 0 Å². The molecule has 0 aromatic carbocycles. The van der Waals surface area contributed by atoms with Gasteiger partial charge in [-0.25, -0.2) is 0 Å². The van der Waals surface area contributed by atoms with Crippen molar-refractivity contribution in [2.75, 3.05) is 19.8 Å². The van der Waals surface area contributed by atoms with Crippen molar-refractivity contribution in [2.24, 2.45) is 0 Å². The van der Waals surface area contributed by atoms with E-state index in [4.69, 9.17) is 18.9 Å². The fourth-order valence-electron chi connectivity index (χ4n) is 11.9. The molecule has 12 atom stereocenters. The Morgan fingerprint density at radius 2 is 0.756 bits per heavy atom. The lowest BCUT2D eigenvalue weighted by molar-refractivity contribution is -0.359. The fraction of sp³-hybridized carbons (Fsp3) is 0.956. The minimum Gasteiger partial charge on any atom is -0.394 e. The van der Waals surface area contributed by atoms with Crippen LogP contribution in [0.3, 0.4) is 0 Å². The van der Waals surface area contributed by atoms with Gasteiger partial charge in [0.1, 0.15) is 48.8 Å². The number of rotatable bonds is 58. The van der Waals surface area contributed by atoms with Crippen molar-refractivity contribution in [2.45, 2.75) is 396 Å². The lowest BCUT2D eigenvalue weighted by Crippen LogP contribution is -2.65. The molecule has 0 spiro atoms. The molecule has 14 heteroatoms. The molecular weight excluding hydrogens is 1040 g/mol. The van der Waals surface area contributed by atoms with E-state index in [0.29, 0.717) is 6.42 Å². The molecule has 1 amide bonds. The predicted octanol–water partition coefficient (Wildman–Crippen LogP) is 13.8. The van der Waals surface area contributed by atoms with E-state index in [2.05, 4.69) is 19.2 Å². The van der Waals surface area contributed by atoms with Crippen LogP contribution in [0.25, 0.3) is 0 Å². The molecule has 0 bridgehead atoms. The Kier molecular flexibility index (Phi) is 50.5. The summed E-state index contributed by atoms with van der Waals surface area (Å²) < 4.78 is 22.9. The van der Waals surface area contributed by atoms with Crippen LogP contribution in [0.5, 0.6) is 0 Å². The molecule has 2 heterocycles. The number of allylic oxidation sites excluding steroid dienone is 1. The van der Waals surface area contributed by atoms with Gasteiger partial charge in [-0.05, 0) is 19.3 Å². The summed E-state index contributed by atoms with van der Waals surface area (Å²) in [6.07, 6.45) is 48.3. The highest BCUT2D eigenvalue weighted by molar-refractivity contribution is 5.76. The van der Waals surface area contributed by atoms with Gasteiger partial charge < -0.3 is 65.1 Å². The molecule has 2 fully saturated rings. The summed E-state index contributed by atoms with van der Waals surface area (Å²) >= 11 is 0.